The molecule has 2 N–H and O–H groups in total. The van der Waals surface area contributed by atoms with E-state index in [1.165, 1.54) is 0 Å². The highest BCUT2D eigenvalue weighted by atomic mass is 16.5. The molecular formula is C21H29N5O3. The number of nitrogens with zero attached hydrogens (tertiary/aromatic N) is 3. The van der Waals surface area contributed by atoms with Crippen LogP contribution in [0.5, 0.6) is 5.75 Å². The third kappa shape index (κ3) is 3.63. The number of benzene rings is 1. The van der Waals surface area contributed by atoms with Gasteiger partial charge in [-0.05, 0) is 31.4 Å². The van der Waals surface area contributed by atoms with Crippen LogP contribution in [0.1, 0.15) is 45.4 Å². The van der Waals surface area contributed by atoms with E-state index in [1.54, 1.807) is 24.1 Å². The zero-order valence-electron chi connectivity index (χ0n) is 17.1. The van der Waals surface area contributed by atoms with E-state index in [9.17, 15) is 9.59 Å². The number of amides is 2. The Morgan fingerprint density at radius 3 is 2.79 bits per heavy atom. The number of ether oxygens (including phenoxy) is 1. The van der Waals surface area contributed by atoms with E-state index in [2.05, 4.69) is 27.7 Å². The van der Waals surface area contributed by atoms with Crippen molar-refractivity contribution in [2.45, 2.75) is 63.7 Å². The van der Waals surface area contributed by atoms with Crippen molar-refractivity contribution >= 4 is 23.3 Å². The van der Waals surface area contributed by atoms with Gasteiger partial charge >= 0.3 is 0 Å². The van der Waals surface area contributed by atoms with Crippen molar-refractivity contribution < 1.29 is 14.3 Å². The third-order valence-electron chi connectivity index (χ3n) is 6.03. The molecule has 1 saturated carbocycles. The van der Waals surface area contributed by atoms with Gasteiger partial charge in [0.05, 0.1) is 24.9 Å². The minimum Gasteiger partial charge on any atom is -0.495 e. The molecule has 0 aromatic heterocycles. The molecular weight excluding hydrogens is 370 g/mol. The summed E-state index contributed by atoms with van der Waals surface area (Å²) >= 11 is 0. The number of amidine groups is 1. The first-order valence-corrected chi connectivity index (χ1v) is 10.5. The summed E-state index contributed by atoms with van der Waals surface area (Å²) in [5, 5.41) is 7.34. The maximum atomic E-state index is 13.3. The van der Waals surface area contributed by atoms with Crippen molar-refractivity contribution in [1.82, 2.24) is 15.2 Å². The lowest BCUT2D eigenvalue weighted by atomic mass is 9.85. The van der Waals surface area contributed by atoms with Crippen LogP contribution in [0.4, 0.5) is 5.69 Å². The average molecular weight is 399 g/mol. The highest BCUT2D eigenvalue weighted by molar-refractivity contribution is 5.98. The summed E-state index contributed by atoms with van der Waals surface area (Å²) in [4.78, 5) is 30.0. The van der Waals surface area contributed by atoms with E-state index in [4.69, 9.17) is 4.74 Å². The lowest BCUT2D eigenvalue weighted by Gasteiger charge is -2.51. The summed E-state index contributed by atoms with van der Waals surface area (Å²) in [7, 11) is 1.57. The molecule has 0 bridgehead atoms. The highest BCUT2D eigenvalue weighted by Crippen LogP contribution is 2.35. The Morgan fingerprint density at radius 1 is 1.28 bits per heavy atom. The number of carbonyl (C=O) groups is 2. The van der Waals surface area contributed by atoms with Crippen LogP contribution < -0.4 is 15.5 Å². The van der Waals surface area contributed by atoms with E-state index in [-0.39, 0.29) is 30.4 Å². The molecule has 3 unspecified atom stereocenters. The number of rotatable bonds is 6. The normalized spacial score (nSPS) is 25.7. The molecule has 29 heavy (non-hydrogen) atoms. The quantitative estimate of drug-likeness (QED) is 0.765. The van der Waals surface area contributed by atoms with Gasteiger partial charge in [0.2, 0.25) is 5.91 Å². The summed E-state index contributed by atoms with van der Waals surface area (Å²) in [6.45, 7) is 2.15. The summed E-state index contributed by atoms with van der Waals surface area (Å²) in [6.07, 6.45) is 5.50. The largest absolute Gasteiger partial charge is 0.495 e. The summed E-state index contributed by atoms with van der Waals surface area (Å²) < 4.78 is 5.31. The molecule has 1 aromatic rings. The topological polar surface area (TPSA) is 86.3 Å². The van der Waals surface area contributed by atoms with Crippen LogP contribution in [-0.4, -0.2) is 59.4 Å². The van der Waals surface area contributed by atoms with E-state index in [1.807, 2.05) is 12.1 Å². The van der Waals surface area contributed by atoms with Crippen molar-refractivity contribution in [2.75, 3.05) is 19.0 Å². The number of para-hydroxylation sites is 2. The number of anilines is 1. The molecule has 3 atom stereocenters. The fraction of sp³-hybridized carbons (Fsp3) is 0.571. The van der Waals surface area contributed by atoms with Crippen LogP contribution in [-0.2, 0) is 9.59 Å². The van der Waals surface area contributed by atoms with Crippen LogP contribution >= 0.6 is 0 Å². The Bertz CT molecular complexity index is 811. The molecule has 2 heterocycles. The number of hydrogen-bond donors (Lipinski definition) is 2. The number of hydrazone groups is 1. The molecule has 8 nitrogen and oxygen atoms in total. The monoisotopic (exact) mass is 399 g/mol. The molecule has 0 radical (unpaired) electrons. The Hall–Kier alpha value is -2.77. The zero-order valence-corrected chi connectivity index (χ0v) is 17.1. The first kappa shape index (κ1) is 19.5. The van der Waals surface area contributed by atoms with E-state index < -0.39 is 6.17 Å². The summed E-state index contributed by atoms with van der Waals surface area (Å²) in [5.41, 5.74) is 3.63. The van der Waals surface area contributed by atoms with Gasteiger partial charge in [-0.3, -0.25) is 15.0 Å². The van der Waals surface area contributed by atoms with Crippen molar-refractivity contribution in [3.05, 3.63) is 24.3 Å². The second kappa shape index (κ2) is 8.31. The maximum Gasteiger partial charge on any atom is 0.268 e. The minimum atomic E-state index is -0.491. The van der Waals surface area contributed by atoms with E-state index in [0.29, 0.717) is 11.4 Å². The van der Waals surface area contributed by atoms with Crippen molar-refractivity contribution in [3.8, 4) is 5.75 Å². The molecule has 3 aliphatic rings. The van der Waals surface area contributed by atoms with Crippen LogP contribution in [0.3, 0.4) is 0 Å². The van der Waals surface area contributed by atoms with Crippen molar-refractivity contribution in [3.63, 3.8) is 0 Å². The fourth-order valence-electron chi connectivity index (χ4n) is 4.76. The van der Waals surface area contributed by atoms with E-state index in [0.717, 1.165) is 44.4 Å². The van der Waals surface area contributed by atoms with Crippen LogP contribution in [0, 0.1) is 0 Å². The molecule has 4 rings (SSSR count). The third-order valence-corrected chi connectivity index (χ3v) is 6.03. The first-order valence-electron chi connectivity index (χ1n) is 10.5. The minimum absolute atomic E-state index is 0.0349. The molecule has 1 saturated heterocycles. The summed E-state index contributed by atoms with van der Waals surface area (Å²) in [6, 6.07) is 7.54. The van der Waals surface area contributed by atoms with Crippen LogP contribution in [0.2, 0.25) is 0 Å². The van der Waals surface area contributed by atoms with Crippen LogP contribution in [0.25, 0.3) is 0 Å². The van der Waals surface area contributed by atoms with Gasteiger partial charge in [0.15, 0.2) is 6.17 Å². The van der Waals surface area contributed by atoms with Crippen molar-refractivity contribution in [2.24, 2.45) is 5.10 Å². The zero-order chi connectivity index (χ0) is 20.4. The van der Waals surface area contributed by atoms with Crippen molar-refractivity contribution in [1.29, 1.82) is 0 Å². The van der Waals surface area contributed by atoms with Gasteiger partial charge in [-0.2, -0.15) is 5.10 Å². The number of hydrogen-bond acceptors (Lipinski definition) is 6. The maximum absolute atomic E-state index is 13.3. The standard InChI is InChI=1S/C21H29N5O3/c1-3-8-18-23-24-20-21(28)25(15-10-5-6-11-16(15)26(18)20)13-19(27)22-14-9-4-7-12-17(14)29-2/h4,7,9,12,15-16,20,24H,3,5-6,8,10-11,13H2,1-2H3,(H,22,27). The Labute approximate surface area is 171 Å². The lowest BCUT2D eigenvalue weighted by molar-refractivity contribution is -0.151. The molecule has 2 fully saturated rings. The predicted octanol–water partition coefficient (Wildman–Crippen LogP) is 2.13. The molecule has 8 heteroatoms. The molecule has 0 spiro atoms. The van der Waals surface area contributed by atoms with E-state index >= 15 is 0 Å². The van der Waals surface area contributed by atoms with Gasteiger partial charge in [0, 0.05) is 6.42 Å². The van der Waals surface area contributed by atoms with Gasteiger partial charge in [-0.15, -0.1) is 0 Å². The Morgan fingerprint density at radius 2 is 2.03 bits per heavy atom. The summed E-state index contributed by atoms with van der Waals surface area (Å²) in [5.74, 6) is 1.29. The first-order chi connectivity index (χ1) is 14.1. The Balaban J connectivity index is 1.52. The van der Waals surface area contributed by atoms with Gasteiger partial charge in [0.25, 0.3) is 5.91 Å². The number of methoxy groups -OCH3 is 1. The van der Waals surface area contributed by atoms with Crippen LogP contribution in [0.15, 0.2) is 29.4 Å². The van der Waals surface area contributed by atoms with Gasteiger partial charge in [-0.1, -0.05) is 31.9 Å². The second-order valence-electron chi connectivity index (χ2n) is 7.85. The second-order valence-corrected chi connectivity index (χ2v) is 7.85. The lowest BCUT2D eigenvalue weighted by Crippen LogP contribution is -2.69. The number of nitrogens with one attached hydrogen (secondary N) is 2. The number of piperazine rings is 1. The Kier molecular flexibility index (Phi) is 5.60. The predicted molar refractivity (Wildman–Crippen MR) is 110 cm³/mol. The highest BCUT2D eigenvalue weighted by Gasteiger charge is 2.50. The van der Waals surface area contributed by atoms with Gasteiger partial charge in [0.1, 0.15) is 18.1 Å². The van der Waals surface area contributed by atoms with Gasteiger partial charge in [-0.25, -0.2) is 0 Å². The molecule has 156 valence electrons. The molecule has 1 aromatic carbocycles. The number of carbonyl (C=O) groups excluding carboxylic acids is 2. The SMILES string of the molecule is CCCC1=NNC2C(=O)N(CC(=O)Nc3ccccc3OC)C3CCCCC3N12. The molecule has 2 aliphatic heterocycles. The molecule has 2 amide bonds. The van der Waals surface area contributed by atoms with Gasteiger partial charge < -0.3 is 19.9 Å². The number of fused-ring (bicyclic) bond motifs is 3. The average Bonchev–Trinajstić information content (AvgIpc) is 3.16. The molecule has 1 aliphatic carbocycles. The smallest absolute Gasteiger partial charge is 0.268 e. The fourth-order valence-corrected chi connectivity index (χ4v) is 4.76.